The van der Waals surface area contributed by atoms with Crippen LogP contribution < -0.4 is 5.73 Å². The molecule has 1 nitrogen and oxygen atoms in total. The Bertz CT molecular complexity index is 336. The molecule has 2 N–H and O–H groups in total. The average molecular weight is 305 g/mol. The molecule has 1 aliphatic rings. The first-order valence-electron chi connectivity index (χ1n) is 4.42. The van der Waals surface area contributed by atoms with E-state index in [2.05, 4.69) is 44.0 Å². The second-order valence-corrected chi connectivity index (χ2v) is 5.23. The maximum absolute atomic E-state index is 6.05. The molecule has 1 aromatic rings. The van der Waals surface area contributed by atoms with Gasteiger partial charge < -0.3 is 5.73 Å². The van der Waals surface area contributed by atoms with Gasteiger partial charge in [-0.15, -0.1) is 0 Å². The van der Waals surface area contributed by atoms with Crippen molar-refractivity contribution in [2.75, 3.05) is 0 Å². The van der Waals surface area contributed by atoms with Gasteiger partial charge in [0.2, 0.25) is 0 Å². The standard InChI is InChI=1S/C10H11Br2N/c11-7-4-6-2-1-3-9(13)10(6)8(12)5-7/h4-5,9H,1-3,13H2/t9-/m1/s1. The van der Waals surface area contributed by atoms with E-state index in [0.717, 1.165) is 21.8 Å². The van der Waals surface area contributed by atoms with Crippen LogP contribution in [0.3, 0.4) is 0 Å². The number of fused-ring (bicyclic) bond motifs is 1. The zero-order valence-electron chi connectivity index (χ0n) is 7.19. The van der Waals surface area contributed by atoms with E-state index >= 15 is 0 Å². The predicted molar refractivity (Wildman–Crippen MR) is 61.7 cm³/mol. The van der Waals surface area contributed by atoms with E-state index in [1.807, 2.05) is 0 Å². The van der Waals surface area contributed by atoms with E-state index in [4.69, 9.17) is 5.73 Å². The Morgan fingerprint density at radius 3 is 2.85 bits per heavy atom. The molecule has 0 bridgehead atoms. The number of hydrogen-bond acceptors (Lipinski definition) is 1. The second-order valence-electron chi connectivity index (χ2n) is 3.46. The van der Waals surface area contributed by atoms with Gasteiger partial charge in [-0.2, -0.15) is 0 Å². The van der Waals surface area contributed by atoms with Crippen molar-refractivity contribution in [1.29, 1.82) is 0 Å². The average Bonchev–Trinajstić information content (AvgIpc) is 2.02. The van der Waals surface area contributed by atoms with Gasteiger partial charge in [0, 0.05) is 15.0 Å². The lowest BCUT2D eigenvalue weighted by Crippen LogP contribution is -2.17. The quantitative estimate of drug-likeness (QED) is 0.779. The summed E-state index contributed by atoms with van der Waals surface area (Å²) in [5, 5.41) is 0. The molecular formula is C10H11Br2N. The van der Waals surface area contributed by atoms with Crippen LogP contribution in [0.25, 0.3) is 0 Å². The highest BCUT2D eigenvalue weighted by molar-refractivity contribution is 9.11. The maximum atomic E-state index is 6.05. The molecule has 2 rings (SSSR count). The first-order chi connectivity index (χ1) is 6.18. The van der Waals surface area contributed by atoms with Crippen molar-refractivity contribution in [2.45, 2.75) is 25.3 Å². The van der Waals surface area contributed by atoms with E-state index < -0.39 is 0 Å². The van der Waals surface area contributed by atoms with E-state index in [1.54, 1.807) is 0 Å². The van der Waals surface area contributed by atoms with Crippen molar-refractivity contribution in [3.05, 3.63) is 32.2 Å². The normalized spacial score (nSPS) is 21.3. The second kappa shape index (κ2) is 3.71. The van der Waals surface area contributed by atoms with Crippen molar-refractivity contribution in [3.63, 3.8) is 0 Å². The minimum Gasteiger partial charge on any atom is -0.324 e. The van der Waals surface area contributed by atoms with Gasteiger partial charge in [0.05, 0.1) is 0 Å². The number of rotatable bonds is 0. The third-order valence-corrected chi connectivity index (χ3v) is 3.63. The molecule has 0 saturated heterocycles. The summed E-state index contributed by atoms with van der Waals surface area (Å²) in [4.78, 5) is 0. The fourth-order valence-electron chi connectivity index (χ4n) is 1.92. The Morgan fingerprint density at radius 1 is 1.31 bits per heavy atom. The Morgan fingerprint density at radius 2 is 2.08 bits per heavy atom. The molecule has 0 radical (unpaired) electrons. The largest absolute Gasteiger partial charge is 0.324 e. The van der Waals surface area contributed by atoms with Crippen LogP contribution in [0.15, 0.2) is 21.1 Å². The van der Waals surface area contributed by atoms with Gasteiger partial charge in [0.1, 0.15) is 0 Å². The van der Waals surface area contributed by atoms with E-state index in [1.165, 1.54) is 17.5 Å². The van der Waals surface area contributed by atoms with Gasteiger partial charge in [-0.05, 0) is 42.5 Å². The molecule has 0 saturated carbocycles. The highest BCUT2D eigenvalue weighted by atomic mass is 79.9. The molecule has 0 fully saturated rings. The fourth-order valence-corrected chi connectivity index (χ4v) is 3.52. The van der Waals surface area contributed by atoms with Gasteiger partial charge in [0.15, 0.2) is 0 Å². The first-order valence-corrected chi connectivity index (χ1v) is 6.00. The molecule has 0 spiro atoms. The van der Waals surface area contributed by atoms with Crippen molar-refractivity contribution in [1.82, 2.24) is 0 Å². The summed E-state index contributed by atoms with van der Waals surface area (Å²) < 4.78 is 2.27. The lowest BCUT2D eigenvalue weighted by molar-refractivity contribution is 0.568. The minimum absolute atomic E-state index is 0.214. The lowest BCUT2D eigenvalue weighted by Gasteiger charge is -2.23. The predicted octanol–water partition coefficient (Wildman–Crippen LogP) is 3.55. The van der Waals surface area contributed by atoms with Crippen LogP contribution in [-0.2, 0) is 6.42 Å². The van der Waals surface area contributed by atoms with Crippen molar-refractivity contribution >= 4 is 31.9 Å². The molecule has 0 amide bonds. The van der Waals surface area contributed by atoms with Crippen LogP contribution in [0, 0.1) is 0 Å². The highest BCUT2D eigenvalue weighted by Gasteiger charge is 2.19. The first kappa shape index (κ1) is 9.69. The third kappa shape index (κ3) is 1.83. The Hall–Kier alpha value is 0.140. The molecule has 0 unspecified atom stereocenters. The van der Waals surface area contributed by atoms with Crippen LogP contribution in [0.5, 0.6) is 0 Å². The van der Waals surface area contributed by atoms with Crippen molar-refractivity contribution in [2.24, 2.45) is 5.73 Å². The summed E-state index contributed by atoms with van der Waals surface area (Å²) in [6.45, 7) is 0. The van der Waals surface area contributed by atoms with Gasteiger partial charge in [-0.25, -0.2) is 0 Å². The van der Waals surface area contributed by atoms with E-state index in [9.17, 15) is 0 Å². The van der Waals surface area contributed by atoms with Crippen LogP contribution in [-0.4, -0.2) is 0 Å². The SMILES string of the molecule is N[C@@H]1CCCc2cc(Br)cc(Br)c21. The molecule has 70 valence electrons. The van der Waals surface area contributed by atoms with Gasteiger partial charge in [0.25, 0.3) is 0 Å². The van der Waals surface area contributed by atoms with Crippen molar-refractivity contribution < 1.29 is 0 Å². The number of hydrogen-bond donors (Lipinski definition) is 1. The van der Waals surface area contributed by atoms with Crippen LogP contribution in [0.4, 0.5) is 0 Å². The summed E-state index contributed by atoms with van der Waals surface area (Å²) in [5.41, 5.74) is 8.74. The number of benzene rings is 1. The molecule has 1 atom stereocenters. The number of aryl methyl sites for hydroxylation is 1. The Labute approximate surface area is 95.0 Å². The molecule has 3 heteroatoms. The molecule has 0 heterocycles. The number of nitrogens with two attached hydrogens (primary N) is 1. The van der Waals surface area contributed by atoms with Crippen molar-refractivity contribution in [3.8, 4) is 0 Å². The highest BCUT2D eigenvalue weighted by Crippen LogP contribution is 2.35. The minimum atomic E-state index is 0.214. The molecular weight excluding hydrogens is 294 g/mol. The molecule has 1 aliphatic carbocycles. The van der Waals surface area contributed by atoms with Crippen LogP contribution in [0.2, 0.25) is 0 Å². The maximum Gasteiger partial charge on any atom is 0.0308 e. The fraction of sp³-hybridized carbons (Fsp3) is 0.400. The third-order valence-electron chi connectivity index (χ3n) is 2.51. The lowest BCUT2D eigenvalue weighted by atomic mass is 9.88. The number of halogens is 2. The summed E-state index contributed by atoms with van der Waals surface area (Å²) >= 11 is 7.05. The van der Waals surface area contributed by atoms with Crippen LogP contribution >= 0.6 is 31.9 Å². The van der Waals surface area contributed by atoms with Gasteiger partial charge in [-0.3, -0.25) is 0 Å². The molecule has 1 aromatic carbocycles. The molecule has 13 heavy (non-hydrogen) atoms. The van der Waals surface area contributed by atoms with Gasteiger partial charge >= 0.3 is 0 Å². The Kier molecular flexibility index (Phi) is 2.77. The monoisotopic (exact) mass is 303 g/mol. The summed E-state index contributed by atoms with van der Waals surface area (Å²) in [6.07, 6.45) is 3.46. The summed E-state index contributed by atoms with van der Waals surface area (Å²) in [5.74, 6) is 0. The smallest absolute Gasteiger partial charge is 0.0308 e. The zero-order valence-corrected chi connectivity index (χ0v) is 10.4. The molecule has 0 aromatic heterocycles. The topological polar surface area (TPSA) is 26.0 Å². The zero-order chi connectivity index (χ0) is 9.42. The van der Waals surface area contributed by atoms with E-state index in [0.29, 0.717) is 0 Å². The molecule has 0 aliphatic heterocycles. The van der Waals surface area contributed by atoms with E-state index in [-0.39, 0.29) is 6.04 Å². The Balaban J connectivity index is 2.56. The van der Waals surface area contributed by atoms with Crippen LogP contribution in [0.1, 0.15) is 30.0 Å². The van der Waals surface area contributed by atoms with Gasteiger partial charge in [-0.1, -0.05) is 31.9 Å². The summed E-state index contributed by atoms with van der Waals surface area (Å²) in [7, 11) is 0. The summed E-state index contributed by atoms with van der Waals surface area (Å²) in [6, 6.07) is 4.47.